The number of amides is 4. The number of hydroxylamine groups is 2. The van der Waals surface area contributed by atoms with Gasteiger partial charge in [-0.25, -0.2) is 5.06 Å². The van der Waals surface area contributed by atoms with Crippen molar-refractivity contribution in [1.82, 2.24) is 25.2 Å². The van der Waals surface area contributed by atoms with Crippen LogP contribution in [0.4, 0.5) is 0 Å². The molecule has 210 valence electrons. The second kappa shape index (κ2) is 13.2. The molecular formula is C28H43N5O5. The summed E-state index contributed by atoms with van der Waals surface area (Å²) in [5.41, 5.74) is -0.00603. The smallest absolute Gasteiger partial charge is 0.255 e. The highest BCUT2D eigenvalue weighted by molar-refractivity contribution is 5.94. The Morgan fingerprint density at radius 2 is 1.84 bits per heavy atom. The third-order valence-corrected chi connectivity index (χ3v) is 7.95. The zero-order valence-corrected chi connectivity index (χ0v) is 23.1. The van der Waals surface area contributed by atoms with E-state index in [-0.39, 0.29) is 30.3 Å². The van der Waals surface area contributed by atoms with Crippen molar-refractivity contribution in [2.24, 2.45) is 17.3 Å². The van der Waals surface area contributed by atoms with Crippen molar-refractivity contribution in [3.63, 3.8) is 0 Å². The number of likely N-dealkylation sites (N-methyl/N-ethyl adjacent to an activating group) is 1. The molecule has 2 N–H and O–H groups in total. The molecule has 1 aliphatic carbocycles. The molecule has 38 heavy (non-hydrogen) atoms. The highest BCUT2D eigenvalue weighted by atomic mass is 16.5. The lowest BCUT2D eigenvalue weighted by Gasteiger charge is -2.40. The Bertz CT molecular complexity index is 952. The van der Waals surface area contributed by atoms with Crippen LogP contribution in [0.15, 0.2) is 24.5 Å². The van der Waals surface area contributed by atoms with Crippen LogP contribution < -0.4 is 5.32 Å². The zero-order chi connectivity index (χ0) is 27.9. The van der Waals surface area contributed by atoms with Crippen molar-refractivity contribution in [1.29, 1.82) is 0 Å². The van der Waals surface area contributed by atoms with E-state index in [9.17, 15) is 24.4 Å². The predicted molar refractivity (Wildman–Crippen MR) is 142 cm³/mol. The van der Waals surface area contributed by atoms with E-state index in [1.165, 1.54) is 0 Å². The summed E-state index contributed by atoms with van der Waals surface area (Å²) in [6.45, 7) is 6.70. The molecular weight excluding hydrogens is 486 g/mol. The fraction of sp³-hybridized carbons (Fsp3) is 0.679. The number of carbonyl (C=O) groups excluding carboxylic acids is 4. The maximum atomic E-state index is 13.7. The number of rotatable bonds is 10. The minimum atomic E-state index is -0.774. The highest BCUT2D eigenvalue weighted by Crippen LogP contribution is 2.31. The van der Waals surface area contributed by atoms with Crippen LogP contribution in [0, 0.1) is 17.3 Å². The molecule has 1 saturated heterocycles. The second-order valence-electron chi connectivity index (χ2n) is 11.8. The highest BCUT2D eigenvalue weighted by Gasteiger charge is 2.39. The van der Waals surface area contributed by atoms with Gasteiger partial charge in [0.25, 0.3) is 5.91 Å². The van der Waals surface area contributed by atoms with Crippen molar-refractivity contribution in [3.05, 3.63) is 30.1 Å². The van der Waals surface area contributed by atoms with Crippen molar-refractivity contribution in [3.8, 4) is 0 Å². The molecule has 1 aromatic heterocycles. The van der Waals surface area contributed by atoms with Crippen LogP contribution in [0.2, 0.25) is 0 Å². The third-order valence-electron chi connectivity index (χ3n) is 7.95. The van der Waals surface area contributed by atoms with Gasteiger partial charge in [0.05, 0.1) is 18.0 Å². The Hall–Kier alpha value is -3.01. The van der Waals surface area contributed by atoms with Crippen LogP contribution in [0.5, 0.6) is 0 Å². The predicted octanol–water partition coefficient (Wildman–Crippen LogP) is 2.72. The van der Waals surface area contributed by atoms with E-state index in [0.717, 1.165) is 25.7 Å². The Kier molecular flexibility index (Phi) is 10.2. The van der Waals surface area contributed by atoms with Gasteiger partial charge in [-0.05, 0) is 42.7 Å². The SMILES string of the molecule is CN(C(=O)[C@@H](NC(=O)[C@H](CC1CCCC1)CN(O)C=O)C(C)(C)C)C1CCN(C(=O)c2cccnc2)CC1. The van der Waals surface area contributed by atoms with Crippen molar-refractivity contribution >= 4 is 24.1 Å². The lowest BCUT2D eigenvalue weighted by atomic mass is 9.84. The number of nitrogens with one attached hydrogen (secondary N) is 1. The molecule has 0 spiro atoms. The fourth-order valence-corrected chi connectivity index (χ4v) is 5.60. The number of nitrogens with zero attached hydrogens (tertiary/aromatic N) is 4. The Morgan fingerprint density at radius 1 is 1.18 bits per heavy atom. The first kappa shape index (κ1) is 29.5. The summed E-state index contributed by atoms with van der Waals surface area (Å²) in [6, 6.07) is 2.66. The molecule has 0 unspecified atom stereocenters. The van der Waals surface area contributed by atoms with E-state index in [2.05, 4.69) is 10.3 Å². The van der Waals surface area contributed by atoms with Gasteiger partial charge in [-0.15, -0.1) is 0 Å². The van der Waals surface area contributed by atoms with Crippen LogP contribution in [-0.2, 0) is 14.4 Å². The summed E-state index contributed by atoms with van der Waals surface area (Å²) in [5.74, 6) is -0.795. The van der Waals surface area contributed by atoms with Gasteiger partial charge in [0.15, 0.2) is 0 Å². The largest absolute Gasteiger partial charge is 0.344 e. The van der Waals surface area contributed by atoms with Crippen LogP contribution in [0.3, 0.4) is 0 Å². The number of pyridine rings is 1. The van der Waals surface area contributed by atoms with E-state index in [4.69, 9.17) is 0 Å². The number of piperidine rings is 1. The van der Waals surface area contributed by atoms with Crippen LogP contribution in [0.25, 0.3) is 0 Å². The van der Waals surface area contributed by atoms with E-state index in [0.29, 0.717) is 55.3 Å². The van der Waals surface area contributed by atoms with Gasteiger partial charge >= 0.3 is 0 Å². The third kappa shape index (κ3) is 7.75. The minimum Gasteiger partial charge on any atom is -0.344 e. The quantitative estimate of drug-likeness (QED) is 0.273. The monoisotopic (exact) mass is 529 g/mol. The number of carbonyl (C=O) groups is 4. The summed E-state index contributed by atoms with van der Waals surface area (Å²) in [7, 11) is 1.76. The van der Waals surface area contributed by atoms with Crippen LogP contribution in [0.1, 0.15) is 76.1 Å². The molecule has 1 aromatic rings. The molecule has 1 saturated carbocycles. The molecule has 10 heteroatoms. The fourth-order valence-electron chi connectivity index (χ4n) is 5.60. The molecule has 2 fully saturated rings. The molecule has 0 bridgehead atoms. The van der Waals surface area contributed by atoms with E-state index >= 15 is 0 Å². The Balaban J connectivity index is 1.64. The molecule has 0 radical (unpaired) electrons. The first-order chi connectivity index (χ1) is 18.0. The zero-order valence-electron chi connectivity index (χ0n) is 23.1. The summed E-state index contributed by atoms with van der Waals surface area (Å²) in [5, 5.41) is 13.3. The molecule has 2 atom stereocenters. The average Bonchev–Trinajstić information content (AvgIpc) is 3.43. The molecule has 0 aromatic carbocycles. The lowest BCUT2D eigenvalue weighted by Crippen LogP contribution is -2.58. The van der Waals surface area contributed by atoms with Gasteiger partial charge in [-0.3, -0.25) is 29.4 Å². The number of hydrogen-bond acceptors (Lipinski definition) is 6. The van der Waals surface area contributed by atoms with Crippen LogP contribution >= 0.6 is 0 Å². The van der Waals surface area contributed by atoms with Crippen molar-refractivity contribution < 1.29 is 24.4 Å². The molecule has 2 aliphatic rings. The van der Waals surface area contributed by atoms with Gasteiger partial charge in [-0.2, -0.15) is 0 Å². The van der Waals surface area contributed by atoms with Gasteiger partial charge in [-0.1, -0.05) is 46.5 Å². The maximum absolute atomic E-state index is 13.7. The average molecular weight is 530 g/mol. The van der Waals surface area contributed by atoms with Crippen LogP contribution in [-0.4, -0.2) is 88.0 Å². The first-order valence-electron chi connectivity index (χ1n) is 13.7. The Morgan fingerprint density at radius 3 is 2.39 bits per heavy atom. The molecule has 1 aliphatic heterocycles. The summed E-state index contributed by atoms with van der Waals surface area (Å²) in [4.78, 5) is 58.5. The second-order valence-corrected chi connectivity index (χ2v) is 11.8. The van der Waals surface area contributed by atoms with Crippen molar-refractivity contribution in [2.45, 2.75) is 77.8 Å². The van der Waals surface area contributed by atoms with E-state index < -0.39 is 17.4 Å². The maximum Gasteiger partial charge on any atom is 0.255 e. The molecule has 10 nitrogen and oxygen atoms in total. The molecule has 4 amide bonds. The van der Waals surface area contributed by atoms with Gasteiger partial charge in [0.1, 0.15) is 6.04 Å². The first-order valence-corrected chi connectivity index (χ1v) is 13.7. The molecule has 3 rings (SSSR count). The van der Waals surface area contributed by atoms with Gasteiger partial charge < -0.3 is 15.1 Å². The molecule has 2 heterocycles. The number of hydrogen-bond donors (Lipinski definition) is 2. The van der Waals surface area contributed by atoms with Gasteiger partial charge in [0.2, 0.25) is 18.2 Å². The summed E-state index contributed by atoms with van der Waals surface area (Å²) >= 11 is 0. The Labute approximate surface area is 225 Å². The summed E-state index contributed by atoms with van der Waals surface area (Å²) in [6.07, 6.45) is 9.65. The number of likely N-dealkylation sites (tertiary alicyclic amines) is 1. The lowest BCUT2D eigenvalue weighted by molar-refractivity contribution is -0.156. The van der Waals surface area contributed by atoms with Gasteiger partial charge in [0, 0.05) is 38.6 Å². The van der Waals surface area contributed by atoms with Crippen molar-refractivity contribution in [2.75, 3.05) is 26.7 Å². The minimum absolute atomic E-state index is 0.0560. The van der Waals surface area contributed by atoms with E-state index in [1.807, 2.05) is 20.8 Å². The summed E-state index contributed by atoms with van der Waals surface area (Å²) < 4.78 is 0. The normalized spacial score (nSPS) is 18.5. The standard InChI is InChI=1S/C28H43N5O5/c1-28(2,3)24(30-25(35)22(18-33(38)19-34)16-20-8-5-6-9-20)27(37)31(4)23-11-14-32(15-12-23)26(36)21-10-7-13-29-17-21/h7,10,13,17,19-20,22-24,38H,5-6,8-9,11-12,14-16,18H2,1-4H3,(H,30,35)/t22-,24-/m1/s1. The topological polar surface area (TPSA) is 123 Å². The number of aromatic nitrogens is 1. The van der Waals surface area contributed by atoms with E-state index in [1.54, 1.807) is 41.4 Å².